The Labute approximate surface area is 176 Å². The third kappa shape index (κ3) is 7.38. The SMILES string of the molecule is CC(C)(C)C(Cc1cc(Br)n(S(=O)(=O)c2cccnc2)c1)NC(=O)O.NC(=O)O. The van der Waals surface area contributed by atoms with Crippen molar-refractivity contribution in [1.29, 1.82) is 0 Å². The van der Waals surface area contributed by atoms with Crippen molar-refractivity contribution < 1.29 is 28.2 Å². The van der Waals surface area contributed by atoms with Crippen LogP contribution in [-0.4, -0.2) is 45.8 Å². The quantitative estimate of drug-likeness (QED) is 0.499. The minimum absolute atomic E-state index is 0.0777. The molecule has 2 amide bonds. The molecule has 2 heterocycles. The highest BCUT2D eigenvalue weighted by Crippen LogP contribution is 2.27. The van der Waals surface area contributed by atoms with E-state index in [2.05, 4.69) is 32.0 Å². The number of carbonyl (C=O) groups is 2. The molecule has 29 heavy (non-hydrogen) atoms. The third-order valence-electron chi connectivity index (χ3n) is 3.77. The van der Waals surface area contributed by atoms with Crippen molar-refractivity contribution >= 4 is 38.1 Å². The Kier molecular flexibility index (Phi) is 8.21. The molecule has 0 aromatic carbocycles. The minimum Gasteiger partial charge on any atom is -0.465 e. The Morgan fingerprint density at radius 1 is 1.34 bits per heavy atom. The molecule has 2 rings (SSSR count). The summed E-state index contributed by atoms with van der Waals surface area (Å²) >= 11 is 3.27. The van der Waals surface area contributed by atoms with Crippen LogP contribution < -0.4 is 11.1 Å². The monoisotopic (exact) mass is 490 g/mol. The smallest absolute Gasteiger partial charge is 0.404 e. The summed E-state index contributed by atoms with van der Waals surface area (Å²) in [6.07, 6.45) is 2.20. The van der Waals surface area contributed by atoms with Gasteiger partial charge < -0.3 is 21.3 Å². The van der Waals surface area contributed by atoms with E-state index < -0.39 is 22.2 Å². The van der Waals surface area contributed by atoms with Crippen LogP contribution >= 0.6 is 15.9 Å². The Morgan fingerprint density at radius 3 is 2.38 bits per heavy atom. The van der Waals surface area contributed by atoms with E-state index in [1.165, 1.54) is 24.7 Å². The molecule has 0 aliphatic carbocycles. The molecule has 0 aliphatic rings. The second kappa shape index (κ2) is 9.74. The van der Waals surface area contributed by atoms with Gasteiger partial charge in [-0.15, -0.1) is 0 Å². The molecule has 0 saturated heterocycles. The van der Waals surface area contributed by atoms with Gasteiger partial charge in [0.1, 0.15) is 9.50 Å². The van der Waals surface area contributed by atoms with Crippen LogP contribution in [0, 0.1) is 5.41 Å². The molecule has 10 nitrogen and oxygen atoms in total. The molecule has 0 spiro atoms. The van der Waals surface area contributed by atoms with E-state index in [-0.39, 0.29) is 16.4 Å². The first-order valence-electron chi connectivity index (χ1n) is 8.25. The molecule has 2 aromatic rings. The topological polar surface area (TPSA) is 165 Å². The van der Waals surface area contributed by atoms with Gasteiger partial charge in [0.25, 0.3) is 10.0 Å². The normalized spacial score (nSPS) is 12.4. The summed E-state index contributed by atoms with van der Waals surface area (Å²) in [5, 5.41) is 18.7. The summed E-state index contributed by atoms with van der Waals surface area (Å²) in [5.74, 6) is 0. The zero-order valence-corrected chi connectivity index (χ0v) is 18.4. The second-order valence-electron chi connectivity index (χ2n) is 7.07. The maximum absolute atomic E-state index is 12.7. The predicted octanol–water partition coefficient (Wildman–Crippen LogP) is 2.73. The van der Waals surface area contributed by atoms with Crippen LogP contribution in [-0.2, 0) is 16.4 Å². The molecule has 0 bridgehead atoms. The van der Waals surface area contributed by atoms with Gasteiger partial charge >= 0.3 is 12.2 Å². The lowest BCUT2D eigenvalue weighted by atomic mass is 9.83. The molecular formula is C17H23BrN4O6S. The Morgan fingerprint density at radius 2 is 1.93 bits per heavy atom. The van der Waals surface area contributed by atoms with Gasteiger partial charge in [-0.25, -0.2) is 22.0 Å². The van der Waals surface area contributed by atoms with Crippen LogP contribution in [0.4, 0.5) is 9.59 Å². The maximum Gasteiger partial charge on any atom is 0.404 e. The standard InChI is InChI=1S/C16H20BrN3O4S.CH3NO2/c1-16(2,3)13(19-15(21)22)7-11-8-14(17)20(10-11)25(23,24)12-5-4-6-18-9-12;2-1(3)4/h4-6,8-10,13,19H,7H2,1-3H3,(H,21,22);2H2,(H,3,4). The van der Waals surface area contributed by atoms with Gasteiger partial charge in [-0.2, -0.15) is 0 Å². The number of hydrogen-bond donors (Lipinski definition) is 4. The van der Waals surface area contributed by atoms with Crippen molar-refractivity contribution in [3.63, 3.8) is 0 Å². The first kappa shape index (κ1) is 24.4. The number of primary amides is 1. The number of aromatic nitrogens is 2. The second-order valence-corrected chi connectivity index (χ2v) is 9.70. The van der Waals surface area contributed by atoms with Crippen LogP contribution in [0.15, 0.2) is 46.3 Å². The van der Waals surface area contributed by atoms with Gasteiger partial charge in [0.05, 0.1) is 0 Å². The molecule has 0 saturated carbocycles. The zero-order chi connectivity index (χ0) is 22.4. The van der Waals surface area contributed by atoms with Gasteiger partial charge in [-0.3, -0.25) is 4.98 Å². The number of nitrogens with one attached hydrogen (secondary N) is 1. The van der Waals surface area contributed by atoms with Crippen molar-refractivity contribution in [3.8, 4) is 0 Å². The number of halogens is 1. The molecule has 1 atom stereocenters. The fourth-order valence-corrected chi connectivity index (χ4v) is 4.53. The third-order valence-corrected chi connectivity index (χ3v) is 6.28. The molecule has 0 fully saturated rings. The highest BCUT2D eigenvalue weighted by molar-refractivity contribution is 9.10. The average Bonchev–Trinajstić information content (AvgIpc) is 2.94. The molecule has 2 aromatic heterocycles. The number of pyridine rings is 1. The summed E-state index contributed by atoms with van der Waals surface area (Å²) in [6.45, 7) is 5.77. The number of hydrogen-bond acceptors (Lipinski definition) is 5. The number of nitrogens with two attached hydrogens (primary N) is 1. The van der Waals surface area contributed by atoms with Crippen molar-refractivity contribution in [3.05, 3.63) is 47.0 Å². The van der Waals surface area contributed by atoms with Crippen molar-refractivity contribution in [2.24, 2.45) is 11.1 Å². The van der Waals surface area contributed by atoms with Gasteiger partial charge in [0.2, 0.25) is 0 Å². The Hall–Kier alpha value is -2.60. The minimum atomic E-state index is -3.77. The molecular weight excluding hydrogens is 468 g/mol. The van der Waals surface area contributed by atoms with Crippen molar-refractivity contribution in [1.82, 2.24) is 14.3 Å². The van der Waals surface area contributed by atoms with Gasteiger partial charge in [0.15, 0.2) is 0 Å². The fraction of sp³-hybridized carbons (Fsp3) is 0.353. The van der Waals surface area contributed by atoms with E-state index in [9.17, 15) is 13.2 Å². The van der Waals surface area contributed by atoms with Crippen LogP contribution in [0.3, 0.4) is 0 Å². The molecule has 5 N–H and O–H groups in total. The first-order chi connectivity index (χ1) is 13.2. The Balaban J connectivity index is 0.000000960. The highest BCUT2D eigenvalue weighted by Gasteiger charge is 2.28. The highest BCUT2D eigenvalue weighted by atomic mass is 79.9. The van der Waals surface area contributed by atoms with Crippen LogP contribution in [0.2, 0.25) is 0 Å². The lowest BCUT2D eigenvalue weighted by molar-refractivity contribution is 0.174. The lowest BCUT2D eigenvalue weighted by Crippen LogP contribution is -2.44. The summed E-state index contributed by atoms with van der Waals surface area (Å²) in [7, 11) is -3.77. The number of amides is 2. The maximum atomic E-state index is 12.7. The summed E-state index contributed by atoms with van der Waals surface area (Å²) in [4.78, 5) is 23.7. The first-order valence-corrected chi connectivity index (χ1v) is 10.5. The van der Waals surface area contributed by atoms with E-state index >= 15 is 0 Å². The van der Waals surface area contributed by atoms with Crippen LogP contribution in [0.25, 0.3) is 0 Å². The largest absolute Gasteiger partial charge is 0.465 e. The molecule has 12 heteroatoms. The van der Waals surface area contributed by atoms with E-state index in [1.807, 2.05) is 20.8 Å². The Bertz CT molecular complexity index is 950. The fourth-order valence-electron chi connectivity index (χ4n) is 2.33. The van der Waals surface area contributed by atoms with E-state index in [4.69, 9.17) is 15.0 Å². The average molecular weight is 491 g/mol. The van der Waals surface area contributed by atoms with Crippen LogP contribution in [0.1, 0.15) is 26.3 Å². The number of carboxylic acid groups (broad SMARTS) is 2. The predicted molar refractivity (Wildman–Crippen MR) is 109 cm³/mol. The lowest BCUT2D eigenvalue weighted by Gasteiger charge is -2.30. The summed E-state index contributed by atoms with van der Waals surface area (Å²) in [5.41, 5.74) is 4.41. The molecule has 1 unspecified atom stereocenters. The van der Waals surface area contributed by atoms with Crippen LogP contribution in [0.5, 0.6) is 0 Å². The summed E-state index contributed by atoms with van der Waals surface area (Å²) in [6, 6.07) is 4.33. The van der Waals surface area contributed by atoms with Crippen molar-refractivity contribution in [2.75, 3.05) is 0 Å². The molecule has 0 radical (unpaired) electrons. The van der Waals surface area contributed by atoms with E-state index in [0.717, 1.165) is 3.97 Å². The van der Waals surface area contributed by atoms with Gasteiger partial charge in [-0.1, -0.05) is 20.8 Å². The van der Waals surface area contributed by atoms with E-state index in [1.54, 1.807) is 12.1 Å². The summed E-state index contributed by atoms with van der Waals surface area (Å²) < 4.78 is 26.9. The zero-order valence-electron chi connectivity index (χ0n) is 16.0. The van der Waals surface area contributed by atoms with Crippen molar-refractivity contribution in [2.45, 2.75) is 38.1 Å². The molecule has 160 valence electrons. The number of rotatable bonds is 5. The van der Waals surface area contributed by atoms with Gasteiger partial charge in [0, 0.05) is 24.6 Å². The van der Waals surface area contributed by atoms with E-state index in [0.29, 0.717) is 16.6 Å². The molecule has 0 aliphatic heterocycles. The number of nitrogens with zero attached hydrogens (tertiary/aromatic N) is 2. The van der Waals surface area contributed by atoms with Gasteiger partial charge in [-0.05, 0) is 51.5 Å².